The molecule has 1 fully saturated rings. The first-order chi connectivity index (χ1) is 14.7. The van der Waals surface area contributed by atoms with Crippen LogP contribution in [0.15, 0.2) is 35.3 Å². The molecule has 1 saturated heterocycles. The van der Waals surface area contributed by atoms with E-state index in [1.165, 1.54) is 57.7 Å². The zero-order valence-corrected chi connectivity index (χ0v) is 19.7. The number of unbranched alkanes of at least 4 members (excludes halogenated alkanes) is 1. The van der Waals surface area contributed by atoms with Crippen LogP contribution in [-0.2, 0) is 0 Å². The first kappa shape index (κ1) is 24.6. The van der Waals surface area contributed by atoms with Crippen LogP contribution >= 0.6 is 0 Å². The third-order valence-corrected chi connectivity index (χ3v) is 6.23. The van der Waals surface area contributed by atoms with Crippen molar-refractivity contribution in [1.82, 2.24) is 25.3 Å². The van der Waals surface area contributed by atoms with Gasteiger partial charge in [-0.1, -0.05) is 51.1 Å². The normalized spacial score (nSPS) is 17.3. The number of hydrogen-bond donors (Lipinski definition) is 2. The minimum atomic E-state index is 0.349. The first-order valence-electron chi connectivity index (χ1n) is 11.9. The molecule has 1 aliphatic heterocycles. The van der Waals surface area contributed by atoms with E-state index in [4.69, 9.17) is 0 Å². The van der Waals surface area contributed by atoms with Gasteiger partial charge in [-0.3, -0.25) is 9.89 Å². The van der Waals surface area contributed by atoms with E-state index in [1.807, 2.05) is 7.05 Å². The van der Waals surface area contributed by atoms with E-state index in [1.54, 1.807) is 0 Å². The van der Waals surface area contributed by atoms with Crippen molar-refractivity contribution in [2.24, 2.45) is 4.99 Å². The number of nitrogens with zero attached hydrogens (tertiary/aromatic N) is 4. The van der Waals surface area contributed by atoms with Gasteiger partial charge in [-0.2, -0.15) is 0 Å². The first-order valence-corrected chi connectivity index (χ1v) is 11.9. The lowest BCUT2D eigenvalue weighted by Gasteiger charge is -2.34. The van der Waals surface area contributed by atoms with E-state index in [0.29, 0.717) is 6.04 Å². The Labute approximate surface area is 184 Å². The quantitative estimate of drug-likeness (QED) is 0.312. The predicted octanol–water partition coefficient (Wildman–Crippen LogP) is 2.65. The van der Waals surface area contributed by atoms with Crippen LogP contribution in [0.3, 0.4) is 0 Å². The third-order valence-electron chi connectivity index (χ3n) is 6.23. The summed E-state index contributed by atoms with van der Waals surface area (Å²) in [6.45, 7) is 17.9. The smallest absolute Gasteiger partial charge is 0.191 e. The summed E-state index contributed by atoms with van der Waals surface area (Å²) in [6.07, 6.45) is 2.41. The summed E-state index contributed by atoms with van der Waals surface area (Å²) in [5.41, 5.74) is 1.35. The van der Waals surface area contributed by atoms with Gasteiger partial charge in [0.25, 0.3) is 0 Å². The maximum atomic E-state index is 4.43. The van der Waals surface area contributed by atoms with Crippen LogP contribution in [0.5, 0.6) is 0 Å². The average Bonchev–Trinajstić information content (AvgIpc) is 2.81. The van der Waals surface area contributed by atoms with Crippen molar-refractivity contribution in [3.63, 3.8) is 0 Å². The Morgan fingerprint density at radius 3 is 2.23 bits per heavy atom. The Morgan fingerprint density at radius 2 is 1.63 bits per heavy atom. The molecule has 1 aromatic rings. The van der Waals surface area contributed by atoms with Crippen LogP contribution in [0.4, 0.5) is 0 Å². The van der Waals surface area contributed by atoms with E-state index < -0.39 is 0 Å². The monoisotopic (exact) mass is 416 g/mol. The molecular weight excluding hydrogens is 372 g/mol. The molecule has 1 heterocycles. The van der Waals surface area contributed by atoms with Crippen LogP contribution in [0.2, 0.25) is 0 Å². The van der Waals surface area contributed by atoms with Gasteiger partial charge < -0.3 is 20.4 Å². The number of nitrogens with one attached hydrogen (secondary N) is 2. The Morgan fingerprint density at radius 1 is 0.967 bits per heavy atom. The highest BCUT2D eigenvalue weighted by Crippen LogP contribution is 2.19. The molecule has 0 amide bonds. The maximum Gasteiger partial charge on any atom is 0.191 e. The van der Waals surface area contributed by atoms with Crippen molar-refractivity contribution in [2.75, 3.05) is 72.5 Å². The van der Waals surface area contributed by atoms with Crippen molar-refractivity contribution < 1.29 is 0 Å². The van der Waals surface area contributed by atoms with Crippen LogP contribution in [0.25, 0.3) is 0 Å². The van der Waals surface area contributed by atoms with Gasteiger partial charge in [0.05, 0.1) is 6.04 Å². The molecule has 0 saturated carbocycles. The van der Waals surface area contributed by atoms with Crippen molar-refractivity contribution in [1.29, 1.82) is 0 Å². The Kier molecular flexibility index (Phi) is 11.8. The van der Waals surface area contributed by atoms with Crippen LogP contribution in [0, 0.1) is 0 Å². The molecule has 0 spiro atoms. The molecule has 0 bridgehead atoms. The molecule has 2 rings (SSSR count). The molecule has 1 aliphatic rings. The molecule has 1 unspecified atom stereocenters. The zero-order valence-electron chi connectivity index (χ0n) is 19.7. The van der Waals surface area contributed by atoms with Gasteiger partial charge >= 0.3 is 0 Å². The Balaban J connectivity index is 1.70. The van der Waals surface area contributed by atoms with Crippen molar-refractivity contribution in [3.05, 3.63) is 35.9 Å². The molecule has 30 heavy (non-hydrogen) atoms. The third kappa shape index (κ3) is 8.25. The van der Waals surface area contributed by atoms with Crippen molar-refractivity contribution in [2.45, 2.75) is 39.7 Å². The molecule has 0 radical (unpaired) electrons. The summed E-state index contributed by atoms with van der Waals surface area (Å²) in [5, 5.41) is 7.05. The summed E-state index contributed by atoms with van der Waals surface area (Å²) >= 11 is 0. The number of aliphatic imine (C=N–C) groups is 1. The summed E-state index contributed by atoms with van der Waals surface area (Å²) in [5.74, 6) is 0.902. The summed E-state index contributed by atoms with van der Waals surface area (Å²) < 4.78 is 0. The number of piperazine rings is 1. The zero-order chi connectivity index (χ0) is 21.6. The second-order valence-electron chi connectivity index (χ2n) is 8.01. The lowest BCUT2D eigenvalue weighted by Crippen LogP contribution is -2.46. The highest BCUT2D eigenvalue weighted by atomic mass is 15.3. The maximum absolute atomic E-state index is 4.43. The fraction of sp³-hybridized carbons (Fsp3) is 0.708. The Hall–Kier alpha value is -1.63. The highest BCUT2D eigenvalue weighted by Gasteiger charge is 2.18. The molecule has 170 valence electrons. The molecule has 6 nitrogen and oxygen atoms in total. The molecule has 2 N–H and O–H groups in total. The number of benzene rings is 1. The average molecular weight is 417 g/mol. The number of hydrogen-bond acceptors (Lipinski definition) is 4. The fourth-order valence-corrected chi connectivity index (χ4v) is 4.21. The van der Waals surface area contributed by atoms with Gasteiger partial charge in [0.15, 0.2) is 5.96 Å². The van der Waals surface area contributed by atoms with Gasteiger partial charge in [-0.15, -0.1) is 0 Å². The topological polar surface area (TPSA) is 46.1 Å². The highest BCUT2D eigenvalue weighted by molar-refractivity contribution is 5.79. The van der Waals surface area contributed by atoms with Gasteiger partial charge in [0.2, 0.25) is 0 Å². The fourth-order valence-electron chi connectivity index (χ4n) is 4.21. The largest absolute Gasteiger partial charge is 0.356 e. The van der Waals surface area contributed by atoms with Gasteiger partial charge in [0.1, 0.15) is 0 Å². The second kappa shape index (κ2) is 14.4. The number of guanidine groups is 1. The predicted molar refractivity (Wildman–Crippen MR) is 129 cm³/mol. The van der Waals surface area contributed by atoms with Gasteiger partial charge in [-0.05, 0) is 44.6 Å². The minimum absolute atomic E-state index is 0.349. The lowest BCUT2D eigenvalue weighted by molar-refractivity contribution is 0.136. The van der Waals surface area contributed by atoms with Gasteiger partial charge in [-0.25, -0.2) is 0 Å². The van der Waals surface area contributed by atoms with Gasteiger partial charge in [0, 0.05) is 46.3 Å². The standard InChI is InChI=1S/C24H44N6/c1-5-28-17-19-29(20-18-28)16-12-11-15-26-24(25-4)27-21-23(30(6-2)7-3)22-13-9-8-10-14-22/h8-10,13-14,23H,5-7,11-12,15-21H2,1-4H3,(H2,25,26,27). The van der Waals surface area contributed by atoms with Crippen LogP contribution in [-0.4, -0.2) is 93.2 Å². The van der Waals surface area contributed by atoms with E-state index >= 15 is 0 Å². The molecule has 0 aromatic heterocycles. The van der Waals surface area contributed by atoms with Crippen molar-refractivity contribution in [3.8, 4) is 0 Å². The van der Waals surface area contributed by atoms with E-state index in [9.17, 15) is 0 Å². The SMILES string of the molecule is CCN1CCN(CCCCNC(=NC)NCC(c2ccccc2)N(CC)CC)CC1. The Bertz CT molecular complexity index is 579. The number of likely N-dealkylation sites (N-methyl/N-ethyl adjacent to an activating group) is 2. The molecule has 0 aliphatic carbocycles. The van der Waals surface area contributed by atoms with E-state index in [-0.39, 0.29) is 0 Å². The van der Waals surface area contributed by atoms with E-state index in [2.05, 4.69) is 81.4 Å². The summed E-state index contributed by atoms with van der Waals surface area (Å²) in [7, 11) is 1.86. The van der Waals surface area contributed by atoms with Crippen molar-refractivity contribution >= 4 is 5.96 Å². The summed E-state index contributed by atoms with van der Waals surface area (Å²) in [6, 6.07) is 11.1. The molecule has 1 aromatic carbocycles. The second-order valence-corrected chi connectivity index (χ2v) is 8.01. The molecule has 6 heteroatoms. The molecule has 1 atom stereocenters. The molecular formula is C24H44N6. The number of rotatable bonds is 12. The van der Waals surface area contributed by atoms with Crippen LogP contribution < -0.4 is 10.6 Å². The van der Waals surface area contributed by atoms with Crippen LogP contribution in [0.1, 0.15) is 45.2 Å². The van der Waals surface area contributed by atoms with E-state index in [0.717, 1.165) is 32.1 Å². The lowest BCUT2D eigenvalue weighted by atomic mass is 10.1. The minimum Gasteiger partial charge on any atom is -0.356 e. The summed E-state index contributed by atoms with van der Waals surface area (Å²) in [4.78, 5) is 12.1.